The molecule has 10 heteroatoms. The van der Waals surface area contributed by atoms with Gasteiger partial charge in [-0.15, -0.1) is 0 Å². The third kappa shape index (κ3) is 5.87. The van der Waals surface area contributed by atoms with E-state index in [1.807, 2.05) is 6.92 Å². The van der Waals surface area contributed by atoms with Crippen molar-refractivity contribution in [1.82, 2.24) is 20.4 Å². The zero-order valence-electron chi connectivity index (χ0n) is 19.7. The van der Waals surface area contributed by atoms with Crippen LogP contribution in [0.2, 0.25) is 0 Å². The lowest BCUT2D eigenvalue weighted by molar-refractivity contribution is -0.141. The minimum Gasteiger partial charge on any atom is -0.494 e. The molecule has 1 aromatic heterocycles. The summed E-state index contributed by atoms with van der Waals surface area (Å²) in [7, 11) is 0. The molecule has 4 rings (SSSR count). The Hall–Kier alpha value is -3.82. The molecule has 2 aromatic carbocycles. The van der Waals surface area contributed by atoms with Crippen molar-refractivity contribution in [3.8, 4) is 11.4 Å². The predicted octanol–water partition coefficient (Wildman–Crippen LogP) is 4.76. The second-order valence-electron chi connectivity index (χ2n) is 8.57. The van der Waals surface area contributed by atoms with Crippen molar-refractivity contribution < 1.29 is 27.5 Å². The van der Waals surface area contributed by atoms with Crippen LogP contribution in [0.3, 0.4) is 0 Å². The first kappa shape index (κ1) is 25.3. The molecule has 0 bridgehead atoms. The highest BCUT2D eigenvalue weighted by molar-refractivity contribution is 5.96. The van der Waals surface area contributed by atoms with Crippen LogP contribution < -0.4 is 15.4 Å². The molecule has 1 heterocycles. The van der Waals surface area contributed by atoms with Crippen LogP contribution >= 0.6 is 0 Å². The molecule has 2 amide bonds. The Morgan fingerprint density at radius 2 is 1.58 bits per heavy atom. The van der Waals surface area contributed by atoms with Crippen molar-refractivity contribution >= 4 is 11.8 Å². The molecule has 1 aliphatic rings. The van der Waals surface area contributed by atoms with E-state index in [1.165, 1.54) is 0 Å². The van der Waals surface area contributed by atoms with Crippen LogP contribution in [0.25, 0.3) is 5.69 Å². The number of hydrogen-bond acceptors (Lipinski definition) is 4. The normalized spacial score (nSPS) is 17.9. The number of nitrogens with zero attached hydrogens (tertiary/aromatic N) is 2. The Morgan fingerprint density at radius 3 is 2.17 bits per heavy atom. The quantitative estimate of drug-likeness (QED) is 0.490. The van der Waals surface area contributed by atoms with E-state index < -0.39 is 35.4 Å². The monoisotopic (exact) mass is 500 g/mol. The van der Waals surface area contributed by atoms with E-state index >= 15 is 0 Å². The molecule has 0 radical (unpaired) electrons. The number of carbonyl (C=O) groups excluding carboxylic acids is 2. The molecule has 3 aromatic rings. The van der Waals surface area contributed by atoms with Gasteiger partial charge in [-0.2, -0.15) is 18.3 Å². The van der Waals surface area contributed by atoms with Gasteiger partial charge in [-0.3, -0.25) is 9.59 Å². The molecule has 1 saturated carbocycles. The summed E-state index contributed by atoms with van der Waals surface area (Å²) in [5, 5.41) is 9.29. The summed E-state index contributed by atoms with van der Waals surface area (Å²) in [5.74, 6) is -0.554. The maximum atomic E-state index is 13.7. The highest BCUT2D eigenvalue weighted by atomic mass is 19.4. The zero-order chi connectivity index (χ0) is 25.7. The Bertz CT molecular complexity index is 1190. The summed E-state index contributed by atoms with van der Waals surface area (Å²) in [4.78, 5) is 25.8. The van der Waals surface area contributed by atoms with Crippen molar-refractivity contribution in [3.05, 3.63) is 77.6 Å². The van der Waals surface area contributed by atoms with E-state index in [4.69, 9.17) is 4.74 Å². The van der Waals surface area contributed by atoms with Crippen LogP contribution in [-0.4, -0.2) is 40.3 Å². The second-order valence-corrected chi connectivity index (χ2v) is 8.57. The van der Waals surface area contributed by atoms with Gasteiger partial charge in [0.25, 0.3) is 11.8 Å². The molecule has 1 fully saturated rings. The molecule has 1 aliphatic carbocycles. The first-order chi connectivity index (χ1) is 17.3. The molecule has 0 aliphatic heterocycles. The molecule has 190 valence electrons. The molecule has 0 saturated heterocycles. The number of amides is 2. The SMILES string of the molecule is CCOc1ccc(C(=O)N[C@H]2CCCCC2NC(=O)c2cn(-c3ccccc3)nc2C(F)(F)F)cc1. The van der Waals surface area contributed by atoms with Crippen LogP contribution in [0.4, 0.5) is 13.2 Å². The molecular weight excluding hydrogens is 473 g/mol. The molecular formula is C26H27F3N4O3. The maximum Gasteiger partial charge on any atom is 0.435 e. The van der Waals surface area contributed by atoms with Gasteiger partial charge in [-0.05, 0) is 56.2 Å². The Balaban J connectivity index is 1.50. The van der Waals surface area contributed by atoms with E-state index in [0.717, 1.165) is 23.7 Å². The lowest BCUT2D eigenvalue weighted by Crippen LogP contribution is -2.53. The first-order valence-corrected chi connectivity index (χ1v) is 11.8. The fourth-order valence-electron chi connectivity index (χ4n) is 4.31. The topological polar surface area (TPSA) is 85.3 Å². The zero-order valence-corrected chi connectivity index (χ0v) is 19.7. The molecule has 2 N–H and O–H groups in total. The van der Waals surface area contributed by atoms with E-state index in [1.54, 1.807) is 54.6 Å². The van der Waals surface area contributed by atoms with Gasteiger partial charge >= 0.3 is 6.18 Å². The molecule has 0 spiro atoms. The van der Waals surface area contributed by atoms with Crippen LogP contribution in [0.15, 0.2) is 60.8 Å². The van der Waals surface area contributed by atoms with Crippen LogP contribution in [0, 0.1) is 0 Å². The maximum absolute atomic E-state index is 13.7. The predicted molar refractivity (Wildman–Crippen MR) is 127 cm³/mol. The van der Waals surface area contributed by atoms with Crippen molar-refractivity contribution in [2.75, 3.05) is 6.61 Å². The van der Waals surface area contributed by atoms with Crippen LogP contribution in [-0.2, 0) is 6.18 Å². The standard InChI is InChI=1S/C26H27F3N4O3/c1-2-36-19-14-12-17(13-15-19)24(34)30-21-10-6-7-11-22(21)31-25(35)20-16-33(18-8-4-3-5-9-18)32-23(20)26(27,28)29/h3-5,8-9,12-16,21-22H,2,6-7,10-11H2,1H3,(H,30,34)(H,31,35)/t21-,22?/m0/s1. The first-order valence-electron chi connectivity index (χ1n) is 11.8. The average Bonchev–Trinajstić information content (AvgIpc) is 3.33. The third-order valence-corrected chi connectivity index (χ3v) is 6.07. The summed E-state index contributed by atoms with van der Waals surface area (Å²) in [6.45, 7) is 2.37. The molecule has 1 unspecified atom stereocenters. The minimum absolute atomic E-state index is 0.322. The Labute approximate surface area is 206 Å². The van der Waals surface area contributed by atoms with Crippen LogP contribution in [0.1, 0.15) is 59.0 Å². The van der Waals surface area contributed by atoms with Gasteiger partial charge in [-0.1, -0.05) is 31.0 Å². The highest BCUT2D eigenvalue weighted by Crippen LogP contribution is 2.32. The van der Waals surface area contributed by atoms with Gasteiger partial charge in [0.05, 0.1) is 17.9 Å². The fourth-order valence-corrected chi connectivity index (χ4v) is 4.31. The number of carbonyl (C=O) groups is 2. The van der Waals surface area contributed by atoms with Crippen molar-refractivity contribution in [2.24, 2.45) is 0 Å². The number of rotatable bonds is 7. The minimum atomic E-state index is -4.81. The Kier molecular flexibility index (Phi) is 7.61. The summed E-state index contributed by atoms with van der Waals surface area (Å²) >= 11 is 0. The number of benzene rings is 2. The summed E-state index contributed by atoms with van der Waals surface area (Å²) in [5.41, 5.74) is -0.985. The van der Waals surface area contributed by atoms with Gasteiger partial charge in [0, 0.05) is 23.8 Å². The van der Waals surface area contributed by atoms with E-state index in [9.17, 15) is 22.8 Å². The van der Waals surface area contributed by atoms with Gasteiger partial charge in [-0.25, -0.2) is 4.68 Å². The Morgan fingerprint density at radius 1 is 0.972 bits per heavy atom. The van der Waals surface area contributed by atoms with Crippen LogP contribution in [0.5, 0.6) is 5.75 Å². The fraction of sp³-hybridized carbons (Fsp3) is 0.346. The smallest absolute Gasteiger partial charge is 0.435 e. The molecule has 7 nitrogen and oxygen atoms in total. The number of para-hydroxylation sites is 1. The average molecular weight is 501 g/mol. The third-order valence-electron chi connectivity index (χ3n) is 6.07. The largest absolute Gasteiger partial charge is 0.494 e. The number of ether oxygens (including phenoxy) is 1. The number of nitrogens with one attached hydrogen (secondary N) is 2. The lowest BCUT2D eigenvalue weighted by Gasteiger charge is -2.32. The van der Waals surface area contributed by atoms with Gasteiger partial charge in [0.1, 0.15) is 5.75 Å². The van der Waals surface area contributed by atoms with Crippen molar-refractivity contribution in [2.45, 2.75) is 50.9 Å². The van der Waals surface area contributed by atoms with Crippen molar-refractivity contribution in [3.63, 3.8) is 0 Å². The number of alkyl halides is 3. The van der Waals surface area contributed by atoms with E-state index in [-0.39, 0.29) is 5.91 Å². The van der Waals surface area contributed by atoms with E-state index in [2.05, 4.69) is 15.7 Å². The lowest BCUT2D eigenvalue weighted by atomic mass is 9.89. The summed E-state index contributed by atoms with van der Waals surface area (Å²) in [6, 6.07) is 14.0. The number of halogens is 3. The second kappa shape index (κ2) is 10.8. The molecule has 36 heavy (non-hydrogen) atoms. The van der Waals surface area contributed by atoms with E-state index in [0.29, 0.717) is 36.4 Å². The van der Waals surface area contributed by atoms with Crippen molar-refractivity contribution in [1.29, 1.82) is 0 Å². The number of hydrogen-bond donors (Lipinski definition) is 2. The van der Waals surface area contributed by atoms with Gasteiger partial charge in [0.2, 0.25) is 0 Å². The van der Waals surface area contributed by atoms with Gasteiger partial charge < -0.3 is 15.4 Å². The summed E-state index contributed by atoms with van der Waals surface area (Å²) in [6.07, 6.45) is -0.961. The number of aromatic nitrogens is 2. The highest BCUT2D eigenvalue weighted by Gasteiger charge is 2.40. The molecule has 2 atom stereocenters. The van der Waals surface area contributed by atoms with Gasteiger partial charge in [0.15, 0.2) is 5.69 Å². The summed E-state index contributed by atoms with van der Waals surface area (Å²) < 4.78 is 47.6.